The van der Waals surface area contributed by atoms with Crippen molar-refractivity contribution in [2.24, 2.45) is 5.73 Å². The quantitative estimate of drug-likeness (QED) is 0.868. The van der Waals surface area contributed by atoms with Crippen molar-refractivity contribution in [1.82, 2.24) is 4.98 Å². The highest BCUT2D eigenvalue weighted by molar-refractivity contribution is 5.45. The minimum absolute atomic E-state index is 0.150. The summed E-state index contributed by atoms with van der Waals surface area (Å²) in [6.07, 6.45) is 4.00. The van der Waals surface area contributed by atoms with Crippen LogP contribution in [0.25, 0.3) is 0 Å². The number of hydrogen-bond acceptors (Lipinski definition) is 3. The molecule has 116 valence electrons. The van der Waals surface area contributed by atoms with Gasteiger partial charge in [0.2, 0.25) is 0 Å². The van der Waals surface area contributed by atoms with E-state index in [-0.39, 0.29) is 17.5 Å². The van der Waals surface area contributed by atoms with Crippen LogP contribution in [0.15, 0.2) is 36.7 Å². The molecule has 2 heterocycles. The van der Waals surface area contributed by atoms with Crippen LogP contribution in [0.5, 0.6) is 0 Å². The van der Waals surface area contributed by atoms with Crippen molar-refractivity contribution in [1.29, 1.82) is 0 Å². The molecule has 22 heavy (non-hydrogen) atoms. The van der Waals surface area contributed by atoms with Crippen molar-refractivity contribution >= 4 is 5.69 Å². The Hall–Kier alpha value is -2.08. The highest BCUT2D eigenvalue weighted by Crippen LogP contribution is 2.32. The molecule has 0 spiro atoms. The number of rotatable bonds is 2. The van der Waals surface area contributed by atoms with Gasteiger partial charge in [-0.1, -0.05) is 0 Å². The summed E-state index contributed by atoms with van der Waals surface area (Å²) in [5.74, 6) is -3.29. The Balaban J connectivity index is 1.80. The fourth-order valence-electron chi connectivity index (χ4n) is 2.97. The smallest absolute Gasteiger partial charge is 0.161 e. The first-order chi connectivity index (χ1) is 10.6. The summed E-state index contributed by atoms with van der Waals surface area (Å²) in [6, 6.07) is 4.91. The number of nitrogens with zero attached hydrogens (tertiary/aromatic N) is 2. The van der Waals surface area contributed by atoms with Crippen molar-refractivity contribution < 1.29 is 13.2 Å². The number of hydrogen-bond donors (Lipinski definition) is 1. The summed E-state index contributed by atoms with van der Waals surface area (Å²) in [4.78, 5) is 6.13. The second-order valence-electron chi connectivity index (χ2n) is 5.50. The van der Waals surface area contributed by atoms with Gasteiger partial charge in [-0.2, -0.15) is 0 Å². The summed E-state index contributed by atoms with van der Waals surface area (Å²) in [5.41, 5.74) is 7.25. The third-order valence-electron chi connectivity index (χ3n) is 4.11. The van der Waals surface area contributed by atoms with E-state index in [4.69, 9.17) is 5.73 Å². The number of aromatic nitrogens is 1. The largest absolute Gasteiger partial charge is 0.369 e. The predicted octanol–water partition coefficient (Wildman–Crippen LogP) is 2.82. The van der Waals surface area contributed by atoms with Crippen LogP contribution in [0.3, 0.4) is 0 Å². The molecule has 1 aromatic heterocycles. The molecule has 1 fully saturated rings. The number of anilines is 1. The van der Waals surface area contributed by atoms with Gasteiger partial charge in [-0.15, -0.1) is 0 Å². The first kappa shape index (κ1) is 14.8. The molecule has 1 saturated heterocycles. The van der Waals surface area contributed by atoms with E-state index in [1.807, 2.05) is 12.1 Å². The molecule has 0 radical (unpaired) electrons. The summed E-state index contributed by atoms with van der Waals surface area (Å²) in [7, 11) is 0. The number of pyridine rings is 1. The lowest BCUT2D eigenvalue weighted by Crippen LogP contribution is -2.47. The second kappa shape index (κ2) is 5.96. The van der Waals surface area contributed by atoms with Gasteiger partial charge in [0.25, 0.3) is 0 Å². The molecule has 2 N–H and O–H groups in total. The van der Waals surface area contributed by atoms with Crippen molar-refractivity contribution in [3.05, 3.63) is 59.7 Å². The molecule has 2 atom stereocenters. The highest BCUT2D eigenvalue weighted by atomic mass is 19.2. The summed E-state index contributed by atoms with van der Waals surface area (Å²) < 4.78 is 40.4. The Bertz CT molecular complexity index is 663. The van der Waals surface area contributed by atoms with Crippen LogP contribution in [0.4, 0.5) is 18.9 Å². The predicted molar refractivity (Wildman–Crippen MR) is 78.1 cm³/mol. The van der Waals surface area contributed by atoms with E-state index in [9.17, 15) is 13.2 Å². The van der Waals surface area contributed by atoms with Gasteiger partial charge in [-0.3, -0.25) is 4.98 Å². The Labute approximate surface area is 126 Å². The van der Waals surface area contributed by atoms with Gasteiger partial charge in [0.15, 0.2) is 11.6 Å². The lowest BCUT2D eigenvalue weighted by Gasteiger charge is -2.38. The Morgan fingerprint density at radius 1 is 1.14 bits per heavy atom. The van der Waals surface area contributed by atoms with E-state index >= 15 is 0 Å². The van der Waals surface area contributed by atoms with E-state index in [1.165, 1.54) is 0 Å². The van der Waals surface area contributed by atoms with Crippen molar-refractivity contribution in [2.75, 3.05) is 18.0 Å². The lowest BCUT2D eigenvalue weighted by molar-refractivity contribution is 0.417. The van der Waals surface area contributed by atoms with Gasteiger partial charge in [0.1, 0.15) is 5.82 Å². The average molecular weight is 307 g/mol. The second-order valence-corrected chi connectivity index (χ2v) is 5.50. The van der Waals surface area contributed by atoms with Crippen molar-refractivity contribution in [3.63, 3.8) is 0 Å². The van der Waals surface area contributed by atoms with E-state index in [2.05, 4.69) is 9.88 Å². The maximum atomic E-state index is 13.9. The number of halogens is 3. The zero-order chi connectivity index (χ0) is 15.7. The van der Waals surface area contributed by atoms with Gasteiger partial charge in [0.05, 0.1) is 11.9 Å². The van der Waals surface area contributed by atoms with Crippen LogP contribution in [0.1, 0.15) is 17.9 Å². The standard InChI is InChI=1S/C16H16F3N3/c17-13-7-15(19)14(18)6-12(13)11-3-5-22(9-16(11)20)10-2-1-4-21-8-10/h1-2,4,6-8,11,16H,3,5,9,20H2/t11-,16+/m1/s1. The molecule has 1 aliphatic rings. The molecule has 0 aliphatic carbocycles. The minimum Gasteiger partial charge on any atom is -0.369 e. The number of nitrogens with two attached hydrogens (primary N) is 1. The Morgan fingerprint density at radius 2 is 1.91 bits per heavy atom. The zero-order valence-electron chi connectivity index (χ0n) is 11.8. The van der Waals surface area contributed by atoms with Gasteiger partial charge in [-0.25, -0.2) is 13.2 Å². The molecule has 3 rings (SSSR count). The molecular weight excluding hydrogens is 291 g/mol. The zero-order valence-corrected chi connectivity index (χ0v) is 11.8. The fourth-order valence-corrected chi connectivity index (χ4v) is 2.97. The SMILES string of the molecule is N[C@H]1CN(c2cccnc2)CC[C@@H]1c1cc(F)c(F)cc1F. The Kier molecular flexibility index (Phi) is 4.02. The topological polar surface area (TPSA) is 42.1 Å². The van der Waals surface area contributed by atoms with Crippen LogP contribution >= 0.6 is 0 Å². The molecule has 0 saturated carbocycles. The van der Waals surface area contributed by atoms with Crippen molar-refractivity contribution in [3.8, 4) is 0 Å². The normalized spacial score (nSPS) is 21.9. The lowest BCUT2D eigenvalue weighted by atomic mass is 9.85. The summed E-state index contributed by atoms with van der Waals surface area (Å²) >= 11 is 0. The molecular formula is C16H16F3N3. The minimum atomic E-state index is -1.18. The van der Waals surface area contributed by atoms with E-state index in [0.29, 0.717) is 25.6 Å². The summed E-state index contributed by atoms with van der Waals surface area (Å²) in [6.45, 7) is 1.16. The monoisotopic (exact) mass is 307 g/mol. The number of piperidine rings is 1. The van der Waals surface area contributed by atoms with Crippen LogP contribution in [0, 0.1) is 17.5 Å². The van der Waals surface area contributed by atoms with Gasteiger partial charge in [-0.05, 0) is 30.2 Å². The third-order valence-corrected chi connectivity index (χ3v) is 4.11. The molecule has 1 aliphatic heterocycles. The van der Waals surface area contributed by atoms with Gasteiger partial charge < -0.3 is 10.6 Å². The maximum Gasteiger partial charge on any atom is 0.161 e. The number of benzene rings is 1. The molecule has 0 bridgehead atoms. The van der Waals surface area contributed by atoms with Gasteiger partial charge >= 0.3 is 0 Å². The molecule has 0 unspecified atom stereocenters. The third kappa shape index (κ3) is 2.78. The van der Waals surface area contributed by atoms with Crippen LogP contribution in [-0.2, 0) is 0 Å². The fraction of sp³-hybridized carbons (Fsp3) is 0.312. The van der Waals surface area contributed by atoms with Gasteiger partial charge in [0, 0.05) is 37.3 Å². The summed E-state index contributed by atoms with van der Waals surface area (Å²) in [5, 5.41) is 0. The van der Waals surface area contributed by atoms with Crippen LogP contribution in [0.2, 0.25) is 0 Å². The van der Waals surface area contributed by atoms with E-state index < -0.39 is 17.5 Å². The van der Waals surface area contributed by atoms with Crippen LogP contribution < -0.4 is 10.6 Å². The molecule has 1 aromatic carbocycles. The first-order valence-corrected chi connectivity index (χ1v) is 7.11. The molecule has 6 heteroatoms. The van der Waals surface area contributed by atoms with Crippen molar-refractivity contribution in [2.45, 2.75) is 18.4 Å². The molecule has 0 amide bonds. The molecule has 2 aromatic rings. The highest BCUT2D eigenvalue weighted by Gasteiger charge is 2.30. The Morgan fingerprint density at radius 3 is 2.59 bits per heavy atom. The average Bonchev–Trinajstić information content (AvgIpc) is 2.52. The van der Waals surface area contributed by atoms with Crippen LogP contribution in [-0.4, -0.2) is 24.1 Å². The maximum absolute atomic E-state index is 13.9. The van der Waals surface area contributed by atoms with E-state index in [0.717, 1.165) is 11.8 Å². The molecule has 3 nitrogen and oxygen atoms in total. The first-order valence-electron chi connectivity index (χ1n) is 7.11. The van der Waals surface area contributed by atoms with E-state index in [1.54, 1.807) is 12.4 Å².